The minimum absolute atomic E-state index is 0.221. The second kappa shape index (κ2) is 4.87. The lowest BCUT2D eigenvalue weighted by Crippen LogP contribution is -2.16. The van der Waals surface area contributed by atoms with Gasteiger partial charge >= 0.3 is 0 Å². The average Bonchev–Trinajstić information content (AvgIpc) is 2.35. The highest BCUT2D eigenvalue weighted by Crippen LogP contribution is 2.21. The Hall–Kier alpha value is -2.36. The molecule has 1 amide bonds. The van der Waals surface area contributed by atoms with Gasteiger partial charge < -0.3 is 11.1 Å². The number of hydrogen-bond donors (Lipinski definition) is 2. The third-order valence-electron chi connectivity index (χ3n) is 2.85. The van der Waals surface area contributed by atoms with Gasteiger partial charge in [-0.3, -0.25) is 9.78 Å². The third-order valence-corrected chi connectivity index (χ3v) is 2.85. The van der Waals surface area contributed by atoms with Crippen LogP contribution in [0.5, 0.6) is 0 Å². The van der Waals surface area contributed by atoms with Crippen LogP contribution in [0.3, 0.4) is 0 Å². The van der Waals surface area contributed by atoms with E-state index in [2.05, 4.69) is 10.3 Å². The largest absolute Gasteiger partial charge is 0.398 e. The summed E-state index contributed by atoms with van der Waals surface area (Å²) in [4.78, 5) is 16.2. The van der Waals surface area contributed by atoms with Crippen molar-refractivity contribution in [2.75, 3.05) is 11.1 Å². The fourth-order valence-electron chi connectivity index (χ4n) is 1.69. The van der Waals surface area contributed by atoms with Gasteiger partial charge in [0.1, 0.15) is 5.69 Å². The van der Waals surface area contributed by atoms with Crippen LogP contribution in [0.2, 0.25) is 0 Å². The van der Waals surface area contributed by atoms with Gasteiger partial charge in [0.25, 0.3) is 5.91 Å². The Morgan fingerprint density at radius 3 is 2.72 bits per heavy atom. The van der Waals surface area contributed by atoms with Crippen LogP contribution in [0.25, 0.3) is 0 Å². The first-order valence-electron chi connectivity index (χ1n) is 5.67. The lowest BCUT2D eigenvalue weighted by atomic mass is 10.1. The average molecular weight is 241 g/mol. The van der Waals surface area contributed by atoms with Gasteiger partial charge in [0.2, 0.25) is 0 Å². The van der Waals surface area contributed by atoms with E-state index < -0.39 is 0 Å². The first-order chi connectivity index (χ1) is 8.59. The van der Waals surface area contributed by atoms with Crippen molar-refractivity contribution in [1.82, 2.24) is 4.98 Å². The standard InChI is InChI=1S/C14H15N3O/c1-9-5-4-8-16-13(9)14(18)17-12-7-3-6-11(15)10(12)2/h3-8H,15H2,1-2H3,(H,17,18). The topological polar surface area (TPSA) is 68.0 Å². The molecule has 0 aliphatic rings. The summed E-state index contributed by atoms with van der Waals surface area (Å²) in [5.74, 6) is -0.221. The number of hydrogen-bond acceptors (Lipinski definition) is 3. The zero-order valence-corrected chi connectivity index (χ0v) is 10.4. The summed E-state index contributed by atoms with van der Waals surface area (Å²) in [7, 11) is 0. The smallest absolute Gasteiger partial charge is 0.274 e. The molecule has 1 aromatic carbocycles. The molecule has 0 radical (unpaired) electrons. The Balaban J connectivity index is 2.27. The number of nitrogens with two attached hydrogens (primary N) is 1. The number of nitrogen functional groups attached to an aromatic ring is 1. The monoisotopic (exact) mass is 241 g/mol. The molecule has 3 N–H and O–H groups in total. The van der Waals surface area contributed by atoms with Crippen LogP contribution >= 0.6 is 0 Å². The van der Waals surface area contributed by atoms with E-state index in [1.165, 1.54) is 0 Å². The van der Waals surface area contributed by atoms with E-state index in [-0.39, 0.29) is 5.91 Å². The van der Waals surface area contributed by atoms with E-state index in [1.807, 2.05) is 32.0 Å². The Bertz CT molecular complexity index is 593. The maximum Gasteiger partial charge on any atom is 0.274 e. The normalized spacial score (nSPS) is 10.1. The number of benzene rings is 1. The van der Waals surface area contributed by atoms with E-state index in [9.17, 15) is 4.79 Å². The maximum atomic E-state index is 12.1. The zero-order valence-electron chi connectivity index (χ0n) is 10.4. The van der Waals surface area contributed by atoms with Gasteiger partial charge in [-0.2, -0.15) is 0 Å². The molecule has 2 rings (SSSR count). The third kappa shape index (κ3) is 2.32. The van der Waals surface area contributed by atoms with Crippen molar-refractivity contribution in [1.29, 1.82) is 0 Å². The van der Waals surface area contributed by atoms with Crippen LogP contribution in [-0.2, 0) is 0 Å². The van der Waals surface area contributed by atoms with E-state index in [1.54, 1.807) is 18.3 Å². The molecule has 0 atom stereocenters. The molecule has 0 fully saturated rings. The molecule has 1 heterocycles. The Morgan fingerprint density at radius 1 is 1.22 bits per heavy atom. The van der Waals surface area contributed by atoms with E-state index in [4.69, 9.17) is 5.73 Å². The molecular weight excluding hydrogens is 226 g/mol. The summed E-state index contributed by atoms with van der Waals surface area (Å²) in [5, 5.41) is 2.83. The number of carbonyl (C=O) groups is 1. The molecular formula is C14H15N3O. The molecule has 0 saturated carbocycles. The van der Waals surface area contributed by atoms with Crippen molar-refractivity contribution in [2.24, 2.45) is 0 Å². The minimum Gasteiger partial charge on any atom is -0.398 e. The molecule has 0 spiro atoms. The molecule has 0 unspecified atom stereocenters. The molecule has 18 heavy (non-hydrogen) atoms. The number of nitrogens with zero attached hydrogens (tertiary/aromatic N) is 1. The summed E-state index contributed by atoms with van der Waals surface area (Å²) < 4.78 is 0. The number of rotatable bonds is 2. The highest BCUT2D eigenvalue weighted by molar-refractivity contribution is 6.04. The summed E-state index contributed by atoms with van der Waals surface area (Å²) in [5.41, 5.74) is 9.30. The van der Waals surface area contributed by atoms with Crippen molar-refractivity contribution < 1.29 is 4.79 Å². The molecule has 92 valence electrons. The zero-order chi connectivity index (χ0) is 13.1. The van der Waals surface area contributed by atoms with Gasteiger partial charge in [0.05, 0.1) is 0 Å². The molecule has 2 aromatic rings. The van der Waals surface area contributed by atoms with Crippen molar-refractivity contribution in [3.8, 4) is 0 Å². The van der Waals surface area contributed by atoms with Crippen LogP contribution in [0, 0.1) is 13.8 Å². The lowest BCUT2D eigenvalue weighted by Gasteiger charge is -2.10. The fourth-order valence-corrected chi connectivity index (χ4v) is 1.69. The molecule has 0 aliphatic heterocycles. The summed E-state index contributed by atoms with van der Waals surface area (Å²) >= 11 is 0. The maximum absolute atomic E-state index is 12.1. The van der Waals surface area contributed by atoms with Gasteiger partial charge in [0, 0.05) is 17.6 Å². The van der Waals surface area contributed by atoms with Crippen LogP contribution in [0.15, 0.2) is 36.5 Å². The van der Waals surface area contributed by atoms with E-state index in [0.29, 0.717) is 17.1 Å². The van der Waals surface area contributed by atoms with Crippen LogP contribution in [-0.4, -0.2) is 10.9 Å². The van der Waals surface area contributed by atoms with Gasteiger partial charge in [-0.25, -0.2) is 0 Å². The molecule has 0 aliphatic carbocycles. The second-order valence-corrected chi connectivity index (χ2v) is 4.14. The van der Waals surface area contributed by atoms with E-state index >= 15 is 0 Å². The number of amides is 1. The van der Waals surface area contributed by atoms with Crippen LogP contribution < -0.4 is 11.1 Å². The Kier molecular flexibility index (Phi) is 3.28. The first-order valence-corrected chi connectivity index (χ1v) is 5.67. The van der Waals surface area contributed by atoms with Crippen LogP contribution in [0.1, 0.15) is 21.6 Å². The summed E-state index contributed by atoms with van der Waals surface area (Å²) in [6.07, 6.45) is 1.61. The Morgan fingerprint density at radius 2 is 2.00 bits per heavy atom. The fraction of sp³-hybridized carbons (Fsp3) is 0.143. The minimum atomic E-state index is -0.221. The van der Waals surface area contributed by atoms with Crippen molar-refractivity contribution in [3.63, 3.8) is 0 Å². The predicted octanol–water partition coefficient (Wildman–Crippen LogP) is 2.53. The summed E-state index contributed by atoms with van der Waals surface area (Å²) in [6, 6.07) is 9.09. The molecule has 4 heteroatoms. The number of aryl methyl sites for hydroxylation is 1. The van der Waals surface area contributed by atoms with Gasteiger partial charge in [-0.05, 0) is 43.2 Å². The van der Waals surface area contributed by atoms with Crippen molar-refractivity contribution >= 4 is 17.3 Å². The number of carbonyl (C=O) groups excluding carboxylic acids is 1. The number of aromatic nitrogens is 1. The molecule has 4 nitrogen and oxygen atoms in total. The molecule has 0 bridgehead atoms. The molecule has 0 saturated heterocycles. The molecule has 1 aromatic heterocycles. The van der Waals surface area contributed by atoms with Gasteiger partial charge in [-0.1, -0.05) is 12.1 Å². The quantitative estimate of drug-likeness (QED) is 0.794. The second-order valence-electron chi connectivity index (χ2n) is 4.14. The van der Waals surface area contributed by atoms with Gasteiger partial charge in [0.15, 0.2) is 0 Å². The van der Waals surface area contributed by atoms with Crippen molar-refractivity contribution in [3.05, 3.63) is 53.3 Å². The SMILES string of the molecule is Cc1cccnc1C(=O)Nc1cccc(N)c1C. The number of anilines is 2. The number of nitrogens with one attached hydrogen (secondary N) is 1. The lowest BCUT2D eigenvalue weighted by molar-refractivity contribution is 0.102. The Labute approximate surface area is 106 Å². The van der Waals surface area contributed by atoms with E-state index in [0.717, 1.165) is 11.1 Å². The van der Waals surface area contributed by atoms with Crippen LogP contribution in [0.4, 0.5) is 11.4 Å². The summed E-state index contributed by atoms with van der Waals surface area (Å²) in [6.45, 7) is 3.73. The van der Waals surface area contributed by atoms with Gasteiger partial charge in [-0.15, -0.1) is 0 Å². The first kappa shape index (κ1) is 12.1. The highest BCUT2D eigenvalue weighted by Gasteiger charge is 2.11. The predicted molar refractivity (Wildman–Crippen MR) is 72.5 cm³/mol. The van der Waals surface area contributed by atoms with Crippen molar-refractivity contribution in [2.45, 2.75) is 13.8 Å². The highest BCUT2D eigenvalue weighted by atomic mass is 16.1. The number of pyridine rings is 1.